The van der Waals surface area contributed by atoms with Gasteiger partial charge in [-0.05, 0) is 13.0 Å². The van der Waals surface area contributed by atoms with Crippen LogP contribution in [0.5, 0.6) is 0 Å². The second-order valence-corrected chi connectivity index (χ2v) is 2.36. The van der Waals surface area contributed by atoms with Gasteiger partial charge in [0, 0.05) is 13.2 Å². The van der Waals surface area contributed by atoms with E-state index in [2.05, 4.69) is 5.10 Å². The quantitative estimate of drug-likeness (QED) is 0.598. The van der Waals surface area contributed by atoms with Crippen molar-refractivity contribution in [1.82, 2.24) is 9.78 Å². The normalized spacial score (nSPS) is 9.80. The topological polar surface area (TPSA) is 34.9 Å². The maximum Gasteiger partial charge on any atom is 0.135 e. The first-order chi connectivity index (χ1) is 4.68. The summed E-state index contributed by atoms with van der Waals surface area (Å²) < 4.78 is 1.69. The second-order valence-electron chi connectivity index (χ2n) is 2.36. The fraction of sp³-hybridized carbons (Fsp3) is 0.429. The predicted octanol–water partition coefficient (Wildman–Crippen LogP) is 0.552. The molecule has 54 valence electrons. The molecular weight excluding hydrogens is 128 g/mol. The number of carbonyl (C=O) groups is 1. The number of hydrogen-bond donors (Lipinski definition) is 0. The number of hydrogen-bond acceptors (Lipinski definition) is 2. The minimum absolute atomic E-state index is 0.152. The molecule has 0 aliphatic heterocycles. The molecule has 0 saturated heterocycles. The molecule has 0 unspecified atom stereocenters. The van der Waals surface area contributed by atoms with E-state index in [4.69, 9.17) is 0 Å². The molecule has 0 amide bonds. The third-order valence-corrected chi connectivity index (χ3v) is 1.20. The zero-order valence-electron chi connectivity index (χ0n) is 6.16. The Bertz CT molecular complexity index is 240. The van der Waals surface area contributed by atoms with Gasteiger partial charge < -0.3 is 0 Å². The van der Waals surface area contributed by atoms with E-state index >= 15 is 0 Å². The van der Waals surface area contributed by atoms with E-state index in [0.717, 1.165) is 5.69 Å². The molecule has 3 heteroatoms. The Morgan fingerprint density at radius 2 is 2.50 bits per heavy atom. The lowest BCUT2D eigenvalue weighted by molar-refractivity contribution is -0.116. The van der Waals surface area contributed by atoms with Crippen LogP contribution < -0.4 is 0 Å². The monoisotopic (exact) mass is 138 g/mol. The molecule has 1 rings (SSSR count). The van der Waals surface area contributed by atoms with Crippen LogP contribution in [0.15, 0.2) is 12.3 Å². The number of Topliss-reactive ketones (excluding diaryl/α,β-unsaturated/α-hetero) is 1. The van der Waals surface area contributed by atoms with Crippen molar-refractivity contribution in [3.05, 3.63) is 18.0 Å². The van der Waals surface area contributed by atoms with Crippen molar-refractivity contribution < 1.29 is 4.79 Å². The van der Waals surface area contributed by atoms with Gasteiger partial charge in [0.15, 0.2) is 0 Å². The highest BCUT2D eigenvalue weighted by atomic mass is 16.1. The number of rotatable bonds is 2. The van der Waals surface area contributed by atoms with Crippen molar-refractivity contribution in [2.75, 3.05) is 0 Å². The Balaban J connectivity index is 2.67. The Hall–Kier alpha value is -1.12. The highest BCUT2D eigenvalue weighted by Crippen LogP contribution is 1.94. The first kappa shape index (κ1) is 6.99. The average Bonchev–Trinajstić information content (AvgIpc) is 2.13. The van der Waals surface area contributed by atoms with E-state index in [1.165, 1.54) is 0 Å². The summed E-state index contributed by atoms with van der Waals surface area (Å²) in [4.78, 5) is 10.6. The second kappa shape index (κ2) is 2.64. The SMILES string of the molecule is CC(=O)Cc1ccn(C)n1. The van der Waals surface area contributed by atoms with Gasteiger partial charge in [0.2, 0.25) is 0 Å². The summed E-state index contributed by atoms with van der Waals surface area (Å²) in [7, 11) is 1.84. The molecule has 0 radical (unpaired) electrons. The molecule has 1 aromatic rings. The molecule has 0 atom stereocenters. The Morgan fingerprint density at radius 1 is 1.80 bits per heavy atom. The molecule has 1 heterocycles. The summed E-state index contributed by atoms with van der Waals surface area (Å²) >= 11 is 0. The lowest BCUT2D eigenvalue weighted by atomic mass is 10.2. The highest BCUT2D eigenvalue weighted by Gasteiger charge is 1.98. The molecule has 3 nitrogen and oxygen atoms in total. The van der Waals surface area contributed by atoms with Crippen molar-refractivity contribution in [1.29, 1.82) is 0 Å². The van der Waals surface area contributed by atoms with Gasteiger partial charge in [-0.15, -0.1) is 0 Å². The fourth-order valence-electron chi connectivity index (χ4n) is 0.813. The Morgan fingerprint density at radius 3 is 2.90 bits per heavy atom. The summed E-state index contributed by atoms with van der Waals surface area (Å²) in [6, 6.07) is 1.85. The van der Waals surface area contributed by atoms with Gasteiger partial charge in [-0.25, -0.2) is 0 Å². The van der Waals surface area contributed by atoms with E-state index in [1.54, 1.807) is 11.6 Å². The van der Waals surface area contributed by atoms with Gasteiger partial charge >= 0.3 is 0 Å². The predicted molar refractivity (Wildman–Crippen MR) is 37.6 cm³/mol. The number of nitrogens with zero attached hydrogens (tertiary/aromatic N) is 2. The summed E-state index contributed by atoms with van der Waals surface area (Å²) in [5.41, 5.74) is 0.843. The van der Waals surface area contributed by atoms with E-state index in [0.29, 0.717) is 6.42 Å². The lowest BCUT2D eigenvalue weighted by Crippen LogP contribution is -1.98. The Labute approximate surface area is 59.7 Å². The third-order valence-electron chi connectivity index (χ3n) is 1.20. The number of carbonyl (C=O) groups excluding carboxylic acids is 1. The molecular formula is C7H10N2O. The van der Waals surface area contributed by atoms with Crippen molar-refractivity contribution >= 4 is 5.78 Å². The minimum atomic E-state index is 0.152. The molecule has 10 heavy (non-hydrogen) atoms. The summed E-state index contributed by atoms with van der Waals surface area (Å²) in [5, 5.41) is 4.05. The summed E-state index contributed by atoms with van der Waals surface area (Å²) in [5.74, 6) is 0.152. The average molecular weight is 138 g/mol. The van der Waals surface area contributed by atoms with E-state index in [1.807, 2.05) is 19.3 Å². The standard InChI is InChI=1S/C7H10N2O/c1-6(10)5-7-3-4-9(2)8-7/h3-4H,5H2,1-2H3. The molecule has 0 bridgehead atoms. The van der Waals surface area contributed by atoms with Crippen LogP contribution in [0.1, 0.15) is 12.6 Å². The van der Waals surface area contributed by atoms with Crippen LogP contribution >= 0.6 is 0 Å². The molecule has 0 fully saturated rings. The zero-order chi connectivity index (χ0) is 7.56. The zero-order valence-corrected chi connectivity index (χ0v) is 6.16. The van der Waals surface area contributed by atoms with Gasteiger partial charge in [-0.1, -0.05) is 0 Å². The molecule has 0 aliphatic rings. The largest absolute Gasteiger partial charge is 0.300 e. The van der Waals surface area contributed by atoms with Crippen LogP contribution in [0.3, 0.4) is 0 Å². The number of aryl methyl sites for hydroxylation is 1. The van der Waals surface area contributed by atoms with E-state index in [9.17, 15) is 4.79 Å². The van der Waals surface area contributed by atoms with Crippen LogP contribution in [0.2, 0.25) is 0 Å². The van der Waals surface area contributed by atoms with E-state index in [-0.39, 0.29) is 5.78 Å². The third kappa shape index (κ3) is 1.69. The van der Waals surface area contributed by atoms with E-state index < -0.39 is 0 Å². The first-order valence-electron chi connectivity index (χ1n) is 3.16. The number of ketones is 1. The molecule has 0 aromatic carbocycles. The van der Waals surface area contributed by atoms with Crippen LogP contribution in [-0.2, 0) is 18.3 Å². The van der Waals surface area contributed by atoms with Crippen LogP contribution in [0.4, 0.5) is 0 Å². The molecule has 0 spiro atoms. The van der Waals surface area contributed by atoms with Gasteiger partial charge in [-0.3, -0.25) is 9.48 Å². The van der Waals surface area contributed by atoms with Crippen molar-refractivity contribution in [3.8, 4) is 0 Å². The van der Waals surface area contributed by atoms with Crippen molar-refractivity contribution in [3.63, 3.8) is 0 Å². The minimum Gasteiger partial charge on any atom is -0.300 e. The summed E-state index contributed by atoms with van der Waals surface area (Å²) in [6.07, 6.45) is 2.28. The Kier molecular flexibility index (Phi) is 1.85. The molecule has 1 aromatic heterocycles. The van der Waals surface area contributed by atoms with Gasteiger partial charge in [-0.2, -0.15) is 5.10 Å². The van der Waals surface area contributed by atoms with Crippen LogP contribution in [0, 0.1) is 0 Å². The van der Waals surface area contributed by atoms with Crippen LogP contribution in [-0.4, -0.2) is 15.6 Å². The van der Waals surface area contributed by atoms with Gasteiger partial charge in [0.05, 0.1) is 12.1 Å². The number of aromatic nitrogens is 2. The summed E-state index contributed by atoms with van der Waals surface area (Å²) in [6.45, 7) is 1.56. The lowest BCUT2D eigenvalue weighted by Gasteiger charge is -1.87. The first-order valence-corrected chi connectivity index (χ1v) is 3.16. The fourth-order valence-corrected chi connectivity index (χ4v) is 0.813. The van der Waals surface area contributed by atoms with Gasteiger partial charge in [0.1, 0.15) is 5.78 Å². The van der Waals surface area contributed by atoms with Gasteiger partial charge in [0.25, 0.3) is 0 Å². The van der Waals surface area contributed by atoms with Crippen molar-refractivity contribution in [2.24, 2.45) is 7.05 Å². The smallest absolute Gasteiger partial charge is 0.135 e. The maximum atomic E-state index is 10.6. The van der Waals surface area contributed by atoms with Crippen molar-refractivity contribution in [2.45, 2.75) is 13.3 Å². The van der Waals surface area contributed by atoms with Crippen LogP contribution in [0.25, 0.3) is 0 Å². The molecule has 0 N–H and O–H groups in total. The molecule has 0 aliphatic carbocycles. The maximum absolute atomic E-state index is 10.6. The molecule has 0 saturated carbocycles. The highest BCUT2D eigenvalue weighted by molar-refractivity contribution is 5.77.